The highest BCUT2D eigenvalue weighted by atomic mass is 16.5. The molecule has 5 nitrogen and oxygen atoms in total. The summed E-state index contributed by atoms with van der Waals surface area (Å²) in [6.07, 6.45) is 1.98. The number of amides is 2. The Labute approximate surface area is 96.3 Å². The molecule has 0 atom stereocenters. The van der Waals surface area contributed by atoms with Crippen LogP contribution in [0, 0.1) is 0 Å². The van der Waals surface area contributed by atoms with Crippen LogP contribution in [0.25, 0.3) is 0 Å². The molecule has 1 aliphatic rings. The van der Waals surface area contributed by atoms with E-state index in [-0.39, 0.29) is 24.6 Å². The van der Waals surface area contributed by atoms with Gasteiger partial charge in [-0.15, -0.1) is 0 Å². The van der Waals surface area contributed by atoms with Gasteiger partial charge in [0.05, 0.1) is 6.61 Å². The van der Waals surface area contributed by atoms with E-state index in [9.17, 15) is 9.59 Å². The summed E-state index contributed by atoms with van der Waals surface area (Å²) in [6.45, 7) is 4.74. The van der Waals surface area contributed by atoms with E-state index in [1.807, 2.05) is 6.92 Å². The zero-order valence-corrected chi connectivity index (χ0v) is 10.2. The number of ether oxygens (including phenoxy) is 1. The predicted molar refractivity (Wildman–Crippen MR) is 60.1 cm³/mol. The van der Waals surface area contributed by atoms with Crippen molar-refractivity contribution in [2.24, 2.45) is 0 Å². The summed E-state index contributed by atoms with van der Waals surface area (Å²) in [5, 5.41) is 0. The lowest BCUT2D eigenvalue weighted by molar-refractivity contribution is -0.144. The SMILES string of the molecule is CCOC(=O)CN(C(=O)N(C)CC)C1CC1. The van der Waals surface area contributed by atoms with Crippen molar-refractivity contribution in [2.75, 3.05) is 26.7 Å². The minimum Gasteiger partial charge on any atom is -0.465 e. The van der Waals surface area contributed by atoms with Crippen molar-refractivity contribution in [3.63, 3.8) is 0 Å². The zero-order chi connectivity index (χ0) is 12.1. The van der Waals surface area contributed by atoms with Gasteiger partial charge in [-0.05, 0) is 26.7 Å². The van der Waals surface area contributed by atoms with Gasteiger partial charge in [-0.1, -0.05) is 0 Å². The highest BCUT2D eigenvalue weighted by Crippen LogP contribution is 2.27. The Hall–Kier alpha value is -1.26. The number of urea groups is 1. The molecule has 0 aromatic heterocycles. The van der Waals surface area contributed by atoms with Crippen LogP contribution in [0.15, 0.2) is 0 Å². The number of hydrogen-bond acceptors (Lipinski definition) is 3. The van der Waals surface area contributed by atoms with Crippen molar-refractivity contribution in [2.45, 2.75) is 32.7 Å². The topological polar surface area (TPSA) is 49.9 Å². The van der Waals surface area contributed by atoms with E-state index in [0.29, 0.717) is 13.2 Å². The lowest BCUT2D eigenvalue weighted by Crippen LogP contribution is -2.45. The lowest BCUT2D eigenvalue weighted by atomic mass is 10.4. The monoisotopic (exact) mass is 228 g/mol. The number of carbonyl (C=O) groups is 2. The van der Waals surface area contributed by atoms with Crippen LogP contribution in [-0.2, 0) is 9.53 Å². The fourth-order valence-electron chi connectivity index (χ4n) is 1.44. The quantitative estimate of drug-likeness (QED) is 0.662. The van der Waals surface area contributed by atoms with E-state index in [1.165, 1.54) is 0 Å². The first-order valence-corrected chi connectivity index (χ1v) is 5.77. The molecule has 5 heteroatoms. The Balaban J connectivity index is 2.53. The summed E-state index contributed by atoms with van der Waals surface area (Å²) in [7, 11) is 1.74. The van der Waals surface area contributed by atoms with Gasteiger partial charge >= 0.3 is 12.0 Å². The Morgan fingerprint density at radius 2 is 1.94 bits per heavy atom. The zero-order valence-electron chi connectivity index (χ0n) is 10.2. The molecule has 0 unspecified atom stereocenters. The molecule has 1 rings (SSSR count). The van der Waals surface area contributed by atoms with E-state index < -0.39 is 0 Å². The minimum absolute atomic E-state index is 0.0711. The van der Waals surface area contributed by atoms with Gasteiger partial charge in [0.1, 0.15) is 6.54 Å². The van der Waals surface area contributed by atoms with Crippen LogP contribution < -0.4 is 0 Å². The third-order valence-corrected chi connectivity index (χ3v) is 2.64. The van der Waals surface area contributed by atoms with E-state index in [2.05, 4.69) is 0 Å². The molecular formula is C11H20N2O3. The molecule has 1 fully saturated rings. The maximum atomic E-state index is 11.9. The second-order valence-electron chi connectivity index (χ2n) is 3.96. The van der Waals surface area contributed by atoms with Crippen molar-refractivity contribution in [1.29, 1.82) is 0 Å². The molecule has 0 saturated heterocycles. The standard InChI is InChI=1S/C11H20N2O3/c1-4-12(3)11(15)13(9-6-7-9)8-10(14)16-5-2/h9H,4-8H2,1-3H3. The van der Waals surface area contributed by atoms with Crippen molar-refractivity contribution < 1.29 is 14.3 Å². The van der Waals surface area contributed by atoms with Crippen molar-refractivity contribution in [1.82, 2.24) is 9.80 Å². The number of esters is 1. The van der Waals surface area contributed by atoms with Gasteiger partial charge in [-0.2, -0.15) is 0 Å². The molecule has 0 aromatic carbocycles. The summed E-state index contributed by atoms with van der Waals surface area (Å²) in [4.78, 5) is 26.5. The molecule has 16 heavy (non-hydrogen) atoms. The molecule has 0 spiro atoms. The van der Waals surface area contributed by atoms with Crippen LogP contribution in [0.2, 0.25) is 0 Å². The minimum atomic E-state index is -0.327. The van der Waals surface area contributed by atoms with Gasteiger partial charge in [0, 0.05) is 19.6 Å². The number of hydrogen-bond donors (Lipinski definition) is 0. The summed E-state index contributed by atoms with van der Waals surface area (Å²) in [5.41, 5.74) is 0. The van der Waals surface area contributed by atoms with E-state index in [4.69, 9.17) is 4.74 Å². The van der Waals surface area contributed by atoms with Crippen molar-refractivity contribution in [3.05, 3.63) is 0 Å². The first kappa shape index (κ1) is 12.8. The molecular weight excluding hydrogens is 208 g/mol. The molecule has 0 radical (unpaired) electrons. The smallest absolute Gasteiger partial charge is 0.325 e. The molecule has 0 aliphatic heterocycles. The van der Waals surface area contributed by atoms with Gasteiger partial charge in [0.15, 0.2) is 0 Å². The lowest BCUT2D eigenvalue weighted by Gasteiger charge is -2.26. The van der Waals surface area contributed by atoms with Crippen LogP contribution in [0.1, 0.15) is 26.7 Å². The van der Waals surface area contributed by atoms with Crippen molar-refractivity contribution in [3.8, 4) is 0 Å². The summed E-state index contributed by atoms with van der Waals surface area (Å²) in [6, 6.07) is 0.143. The van der Waals surface area contributed by atoms with Gasteiger partial charge < -0.3 is 14.5 Å². The first-order valence-electron chi connectivity index (χ1n) is 5.77. The highest BCUT2D eigenvalue weighted by Gasteiger charge is 2.35. The Morgan fingerprint density at radius 1 is 1.31 bits per heavy atom. The third-order valence-electron chi connectivity index (χ3n) is 2.64. The molecule has 92 valence electrons. The van der Waals surface area contributed by atoms with Gasteiger partial charge in [0.2, 0.25) is 0 Å². The Bertz CT molecular complexity index is 264. The van der Waals surface area contributed by atoms with E-state index in [0.717, 1.165) is 12.8 Å². The number of rotatable bonds is 5. The van der Waals surface area contributed by atoms with E-state index >= 15 is 0 Å². The molecule has 0 N–H and O–H groups in total. The number of carbonyl (C=O) groups excluding carboxylic acids is 2. The molecule has 0 aromatic rings. The maximum Gasteiger partial charge on any atom is 0.325 e. The third kappa shape index (κ3) is 3.40. The highest BCUT2D eigenvalue weighted by molar-refractivity contribution is 5.81. The van der Waals surface area contributed by atoms with Gasteiger partial charge in [0.25, 0.3) is 0 Å². The fraction of sp³-hybridized carbons (Fsp3) is 0.818. The van der Waals surface area contributed by atoms with Crippen molar-refractivity contribution >= 4 is 12.0 Å². The van der Waals surface area contributed by atoms with E-state index in [1.54, 1.807) is 23.8 Å². The maximum absolute atomic E-state index is 11.9. The molecule has 0 heterocycles. The fourth-order valence-corrected chi connectivity index (χ4v) is 1.44. The van der Waals surface area contributed by atoms with Crippen LogP contribution in [-0.4, -0.2) is 54.6 Å². The summed E-state index contributed by atoms with van der Waals surface area (Å²) < 4.78 is 4.86. The summed E-state index contributed by atoms with van der Waals surface area (Å²) in [5.74, 6) is -0.327. The molecule has 0 bridgehead atoms. The van der Waals surface area contributed by atoms with Crippen LogP contribution >= 0.6 is 0 Å². The molecule has 1 aliphatic carbocycles. The normalized spacial score (nSPS) is 14.4. The number of nitrogens with zero attached hydrogens (tertiary/aromatic N) is 2. The second kappa shape index (κ2) is 5.72. The second-order valence-corrected chi connectivity index (χ2v) is 3.96. The van der Waals surface area contributed by atoms with Gasteiger partial charge in [-0.3, -0.25) is 4.79 Å². The predicted octanol–water partition coefficient (Wildman–Crippen LogP) is 1.09. The first-order chi connectivity index (χ1) is 7.60. The molecule has 2 amide bonds. The average molecular weight is 228 g/mol. The van der Waals surface area contributed by atoms with Crippen LogP contribution in [0.4, 0.5) is 4.79 Å². The van der Waals surface area contributed by atoms with Crippen LogP contribution in [0.3, 0.4) is 0 Å². The summed E-state index contributed by atoms with van der Waals surface area (Å²) >= 11 is 0. The average Bonchev–Trinajstić information content (AvgIpc) is 3.08. The molecule has 1 saturated carbocycles. The van der Waals surface area contributed by atoms with Gasteiger partial charge in [-0.25, -0.2) is 4.79 Å². The van der Waals surface area contributed by atoms with Crippen LogP contribution in [0.5, 0.6) is 0 Å². The Morgan fingerprint density at radius 3 is 2.38 bits per heavy atom. The Kier molecular flexibility index (Phi) is 4.58. The largest absolute Gasteiger partial charge is 0.465 e.